The number of rotatable bonds is 5. The Hall–Kier alpha value is -4.04. The van der Waals surface area contributed by atoms with Gasteiger partial charge in [-0.15, -0.1) is 0 Å². The fraction of sp³-hybridized carbons (Fsp3) is 0.259. The Morgan fingerprint density at radius 1 is 0.886 bits per heavy atom. The maximum Gasteiger partial charge on any atom is 0.265 e. The first-order valence-electron chi connectivity index (χ1n) is 11.5. The molecule has 1 aliphatic heterocycles. The van der Waals surface area contributed by atoms with Gasteiger partial charge in [-0.05, 0) is 80.7 Å². The lowest BCUT2D eigenvalue weighted by Gasteiger charge is -2.25. The van der Waals surface area contributed by atoms with E-state index in [0.29, 0.717) is 11.3 Å². The molecule has 182 valence electrons. The standard InChI is InChI=1S/C27H30N4O4/c1-29-15-4-16-30(18-17-29)21-11-7-19(8-12-21)26(33)31(23-5-3-6-24(32)25(23)28)27(34)20-9-13-22(35-2)14-10-20/h3,5-14,32H,4,15-18,28H2,1-2H3. The molecule has 8 heteroatoms. The summed E-state index contributed by atoms with van der Waals surface area (Å²) in [5, 5.41) is 10.1. The molecule has 3 aromatic rings. The Balaban J connectivity index is 1.67. The first kappa shape index (κ1) is 24.1. The second kappa shape index (κ2) is 10.5. The lowest BCUT2D eigenvalue weighted by atomic mass is 10.1. The van der Waals surface area contributed by atoms with E-state index in [1.165, 1.54) is 19.2 Å². The van der Waals surface area contributed by atoms with Gasteiger partial charge in [0.2, 0.25) is 0 Å². The van der Waals surface area contributed by atoms with Crippen molar-refractivity contribution in [2.45, 2.75) is 6.42 Å². The Morgan fingerprint density at radius 2 is 1.51 bits per heavy atom. The van der Waals surface area contributed by atoms with E-state index in [9.17, 15) is 14.7 Å². The highest BCUT2D eigenvalue weighted by atomic mass is 16.5. The van der Waals surface area contributed by atoms with Crippen LogP contribution in [0, 0.1) is 0 Å². The number of anilines is 3. The molecule has 8 nitrogen and oxygen atoms in total. The van der Waals surface area contributed by atoms with Crippen LogP contribution in [0.1, 0.15) is 27.1 Å². The monoisotopic (exact) mass is 474 g/mol. The number of para-hydroxylation sites is 1. The predicted molar refractivity (Wildman–Crippen MR) is 137 cm³/mol. The Kier molecular flexibility index (Phi) is 7.22. The highest BCUT2D eigenvalue weighted by Gasteiger charge is 2.28. The molecule has 0 unspecified atom stereocenters. The lowest BCUT2D eigenvalue weighted by Crippen LogP contribution is -2.37. The van der Waals surface area contributed by atoms with Gasteiger partial charge in [-0.25, -0.2) is 4.90 Å². The summed E-state index contributed by atoms with van der Waals surface area (Å²) in [4.78, 5) is 32.8. The molecule has 0 radical (unpaired) electrons. The van der Waals surface area contributed by atoms with E-state index in [4.69, 9.17) is 10.5 Å². The summed E-state index contributed by atoms with van der Waals surface area (Å²) < 4.78 is 5.17. The molecule has 1 aliphatic rings. The molecule has 1 heterocycles. The summed E-state index contributed by atoms with van der Waals surface area (Å²) in [6.45, 7) is 3.88. The third kappa shape index (κ3) is 5.22. The Bertz CT molecular complexity index is 1190. The number of likely N-dealkylation sites (N-methyl/N-ethyl adjacent to an activating group) is 1. The van der Waals surface area contributed by atoms with Crippen LogP contribution < -0.4 is 20.3 Å². The normalized spacial score (nSPS) is 14.3. The number of aromatic hydroxyl groups is 1. The molecule has 0 atom stereocenters. The molecular formula is C27H30N4O4. The van der Waals surface area contributed by atoms with Crippen LogP contribution in [-0.4, -0.2) is 62.2 Å². The average molecular weight is 475 g/mol. The molecule has 0 aromatic heterocycles. The van der Waals surface area contributed by atoms with E-state index in [0.717, 1.165) is 43.2 Å². The van der Waals surface area contributed by atoms with Crippen molar-refractivity contribution in [3.8, 4) is 11.5 Å². The third-order valence-corrected chi connectivity index (χ3v) is 6.24. The van der Waals surface area contributed by atoms with Gasteiger partial charge in [0, 0.05) is 36.4 Å². The molecule has 3 aromatic carbocycles. The van der Waals surface area contributed by atoms with Crippen LogP contribution in [-0.2, 0) is 0 Å². The van der Waals surface area contributed by atoms with Gasteiger partial charge in [-0.3, -0.25) is 9.59 Å². The zero-order valence-corrected chi connectivity index (χ0v) is 20.0. The van der Waals surface area contributed by atoms with E-state index in [1.807, 2.05) is 12.1 Å². The number of carbonyl (C=O) groups is 2. The van der Waals surface area contributed by atoms with Crippen LogP contribution in [0.2, 0.25) is 0 Å². The molecule has 1 fully saturated rings. The first-order valence-corrected chi connectivity index (χ1v) is 11.5. The van der Waals surface area contributed by atoms with Gasteiger partial charge in [0.25, 0.3) is 11.8 Å². The molecule has 0 aliphatic carbocycles. The van der Waals surface area contributed by atoms with Crippen molar-refractivity contribution in [3.05, 3.63) is 77.9 Å². The number of hydrogen-bond donors (Lipinski definition) is 2. The minimum atomic E-state index is -0.561. The number of benzene rings is 3. The number of carbonyl (C=O) groups excluding carboxylic acids is 2. The van der Waals surface area contributed by atoms with Crippen LogP contribution in [0.25, 0.3) is 0 Å². The van der Waals surface area contributed by atoms with Gasteiger partial charge in [0.1, 0.15) is 11.5 Å². The maximum atomic E-state index is 13.7. The number of hydrogen-bond acceptors (Lipinski definition) is 7. The quantitative estimate of drug-likeness (QED) is 0.331. The van der Waals surface area contributed by atoms with Crippen molar-refractivity contribution in [2.75, 3.05) is 55.9 Å². The number of phenols is 1. The SMILES string of the molecule is COc1ccc(C(=O)N(C(=O)c2ccc(N3CCCN(C)CC3)cc2)c2cccc(O)c2N)cc1. The highest BCUT2D eigenvalue weighted by Crippen LogP contribution is 2.33. The third-order valence-electron chi connectivity index (χ3n) is 6.24. The minimum absolute atomic E-state index is 0.0481. The van der Waals surface area contributed by atoms with Gasteiger partial charge >= 0.3 is 0 Å². The summed E-state index contributed by atoms with van der Waals surface area (Å²) >= 11 is 0. The number of nitrogens with two attached hydrogens (primary N) is 1. The number of amides is 2. The highest BCUT2D eigenvalue weighted by molar-refractivity contribution is 6.27. The zero-order chi connectivity index (χ0) is 24.9. The second-order valence-electron chi connectivity index (χ2n) is 8.57. The van der Waals surface area contributed by atoms with E-state index in [2.05, 4.69) is 16.8 Å². The molecule has 4 rings (SSSR count). The van der Waals surface area contributed by atoms with Gasteiger partial charge in [0.15, 0.2) is 0 Å². The Morgan fingerprint density at radius 3 is 2.14 bits per heavy atom. The van der Waals surface area contributed by atoms with Crippen molar-refractivity contribution in [1.29, 1.82) is 0 Å². The fourth-order valence-corrected chi connectivity index (χ4v) is 4.16. The van der Waals surface area contributed by atoms with Crippen LogP contribution in [0.15, 0.2) is 66.7 Å². The molecule has 0 bridgehead atoms. The molecular weight excluding hydrogens is 444 g/mol. The average Bonchev–Trinajstić information content (AvgIpc) is 3.11. The van der Waals surface area contributed by atoms with Crippen molar-refractivity contribution in [3.63, 3.8) is 0 Å². The molecule has 1 saturated heterocycles. The fourth-order valence-electron chi connectivity index (χ4n) is 4.16. The number of imide groups is 1. The minimum Gasteiger partial charge on any atom is -0.506 e. The molecule has 3 N–H and O–H groups in total. The lowest BCUT2D eigenvalue weighted by molar-refractivity contribution is 0.0898. The van der Waals surface area contributed by atoms with Crippen molar-refractivity contribution in [1.82, 2.24) is 4.90 Å². The van der Waals surface area contributed by atoms with Crippen LogP contribution >= 0.6 is 0 Å². The van der Waals surface area contributed by atoms with Crippen LogP contribution in [0.4, 0.5) is 17.1 Å². The summed E-state index contributed by atoms with van der Waals surface area (Å²) in [5.74, 6) is -0.712. The van der Waals surface area contributed by atoms with Crippen molar-refractivity contribution < 1.29 is 19.4 Å². The molecule has 35 heavy (non-hydrogen) atoms. The second-order valence-corrected chi connectivity index (χ2v) is 8.57. The van der Waals surface area contributed by atoms with Crippen molar-refractivity contribution in [2.24, 2.45) is 0 Å². The smallest absolute Gasteiger partial charge is 0.265 e. The first-order chi connectivity index (χ1) is 16.9. The maximum absolute atomic E-state index is 13.7. The summed E-state index contributed by atoms with van der Waals surface area (Å²) in [5.41, 5.74) is 7.81. The van der Waals surface area contributed by atoms with E-state index in [-0.39, 0.29) is 22.7 Å². The summed E-state index contributed by atoms with van der Waals surface area (Å²) in [7, 11) is 3.65. The number of nitrogens with zero attached hydrogens (tertiary/aromatic N) is 3. The van der Waals surface area contributed by atoms with E-state index >= 15 is 0 Å². The Labute approximate surface area is 205 Å². The van der Waals surface area contributed by atoms with Crippen LogP contribution in [0.5, 0.6) is 11.5 Å². The largest absolute Gasteiger partial charge is 0.506 e. The van der Waals surface area contributed by atoms with Gasteiger partial charge in [0.05, 0.1) is 18.5 Å². The van der Waals surface area contributed by atoms with Gasteiger partial charge in [-0.2, -0.15) is 0 Å². The summed E-state index contributed by atoms with van der Waals surface area (Å²) in [6, 6.07) is 18.2. The number of methoxy groups -OCH3 is 1. The predicted octanol–water partition coefficient (Wildman–Crippen LogP) is 3.61. The number of nitrogen functional groups attached to an aromatic ring is 1. The van der Waals surface area contributed by atoms with Crippen molar-refractivity contribution >= 4 is 28.9 Å². The van der Waals surface area contributed by atoms with Gasteiger partial charge in [-0.1, -0.05) is 6.07 Å². The zero-order valence-electron chi connectivity index (χ0n) is 20.0. The number of ether oxygens (including phenoxy) is 1. The molecule has 2 amide bonds. The molecule has 0 saturated carbocycles. The van der Waals surface area contributed by atoms with Crippen LogP contribution in [0.3, 0.4) is 0 Å². The molecule has 0 spiro atoms. The van der Waals surface area contributed by atoms with Gasteiger partial charge < -0.3 is 25.4 Å². The number of phenolic OH excluding ortho intramolecular Hbond substituents is 1. The van der Waals surface area contributed by atoms with E-state index in [1.54, 1.807) is 42.5 Å². The van der Waals surface area contributed by atoms with E-state index < -0.39 is 11.8 Å². The topological polar surface area (TPSA) is 99.3 Å². The summed E-state index contributed by atoms with van der Waals surface area (Å²) in [6.07, 6.45) is 1.07.